The van der Waals surface area contributed by atoms with Crippen LogP contribution in [0.25, 0.3) is 0 Å². The number of carbonyl (C=O) groups is 2. The molecule has 11 heteroatoms. The van der Waals surface area contributed by atoms with Gasteiger partial charge in [0, 0.05) is 13.7 Å². The molecule has 0 radical (unpaired) electrons. The highest BCUT2D eigenvalue weighted by atomic mass is 35.5. The van der Waals surface area contributed by atoms with Crippen LogP contribution in [0.5, 0.6) is 0 Å². The van der Waals surface area contributed by atoms with E-state index in [1.807, 2.05) is 4.90 Å². The highest BCUT2D eigenvalue weighted by Gasteiger charge is 2.31. The second kappa shape index (κ2) is 11.7. The third kappa shape index (κ3) is 6.26. The Balaban J connectivity index is 1.70. The number of anilines is 1. The zero-order chi connectivity index (χ0) is 23.1. The van der Waals surface area contributed by atoms with E-state index in [1.165, 1.54) is 0 Å². The molecule has 1 aromatic rings. The molecule has 32 heavy (non-hydrogen) atoms. The minimum atomic E-state index is -0.623. The molecule has 2 amide bonds. The van der Waals surface area contributed by atoms with Gasteiger partial charge < -0.3 is 15.0 Å². The third-order valence-corrected chi connectivity index (χ3v) is 6.47. The average molecular weight is 472 g/mol. The summed E-state index contributed by atoms with van der Waals surface area (Å²) in [6.07, 6.45) is 6.85. The number of halogens is 2. The van der Waals surface area contributed by atoms with E-state index in [0.29, 0.717) is 30.6 Å². The number of aromatic nitrogens is 2. The molecule has 0 spiro atoms. The van der Waals surface area contributed by atoms with Gasteiger partial charge in [0.1, 0.15) is 5.69 Å². The summed E-state index contributed by atoms with van der Waals surface area (Å²) in [5.74, 6) is -1.11. The van der Waals surface area contributed by atoms with E-state index in [4.69, 9.17) is 16.3 Å². The molecule has 1 aliphatic heterocycles. The van der Waals surface area contributed by atoms with E-state index in [1.54, 1.807) is 7.11 Å². The number of amides is 2. The molecule has 1 saturated heterocycles. The Morgan fingerprint density at radius 1 is 1.38 bits per heavy atom. The van der Waals surface area contributed by atoms with Gasteiger partial charge in [-0.3, -0.25) is 14.8 Å². The average Bonchev–Trinajstić information content (AvgIpc) is 3.45. The van der Waals surface area contributed by atoms with Crippen molar-refractivity contribution in [3.63, 3.8) is 0 Å². The maximum absolute atomic E-state index is 15.2. The summed E-state index contributed by atoms with van der Waals surface area (Å²) in [5.41, 5.74) is -0.00715. The van der Waals surface area contributed by atoms with Gasteiger partial charge in [0.05, 0.1) is 31.7 Å². The Morgan fingerprint density at radius 3 is 2.81 bits per heavy atom. The van der Waals surface area contributed by atoms with Crippen LogP contribution in [0.2, 0.25) is 5.28 Å². The molecule has 1 aromatic heterocycles. The smallest absolute Gasteiger partial charge is 0.233 e. The molecule has 0 bridgehead atoms. The van der Waals surface area contributed by atoms with Gasteiger partial charge in [-0.15, -0.1) is 0 Å². The lowest BCUT2D eigenvalue weighted by atomic mass is 9.92. The van der Waals surface area contributed by atoms with E-state index in [0.717, 1.165) is 38.5 Å². The van der Waals surface area contributed by atoms with Crippen LogP contribution in [0.3, 0.4) is 0 Å². The molecule has 1 aliphatic carbocycles. The highest BCUT2D eigenvalue weighted by Crippen LogP contribution is 2.31. The van der Waals surface area contributed by atoms with Crippen molar-refractivity contribution in [3.8, 4) is 0 Å². The molecule has 3 rings (SSSR count). The zero-order valence-electron chi connectivity index (χ0n) is 18.3. The van der Waals surface area contributed by atoms with Crippen LogP contribution in [-0.2, 0) is 20.9 Å². The Kier molecular flexibility index (Phi) is 9.01. The molecule has 2 fully saturated rings. The molecule has 2 N–H and O–H groups in total. The minimum Gasteiger partial charge on any atom is -0.383 e. The van der Waals surface area contributed by atoms with Gasteiger partial charge in [-0.1, -0.05) is 25.7 Å². The highest BCUT2D eigenvalue weighted by molar-refractivity contribution is 6.28. The summed E-state index contributed by atoms with van der Waals surface area (Å²) in [5, 5.41) is 12.7. The zero-order valence-corrected chi connectivity index (χ0v) is 19.1. The van der Waals surface area contributed by atoms with Crippen LogP contribution in [0.4, 0.5) is 10.2 Å². The van der Waals surface area contributed by atoms with Crippen LogP contribution in [0.15, 0.2) is 0 Å². The van der Waals surface area contributed by atoms with Crippen LogP contribution in [0.1, 0.15) is 50.6 Å². The number of hydrogen-bond acceptors (Lipinski definition) is 7. The first-order valence-corrected chi connectivity index (χ1v) is 11.5. The summed E-state index contributed by atoms with van der Waals surface area (Å²) < 4.78 is 20.5. The predicted molar refractivity (Wildman–Crippen MR) is 116 cm³/mol. The van der Waals surface area contributed by atoms with Crippen molar-refractivity contribution in [2.24, 2.45) is 11.8 Å². The Labute approximate surface area is 192 Å². The predicted octanol–water partition coefficient (Wildman–Crippen LogP) is 2.54. The number of rotatable bonds is 11. The van der Waals surface area contributed by atoms with Crippen molar-refractivity contribution in [2.45, 2.75) is 57.5 Å². The van der Waals surface area contributed by atoms with Crippen LogP contribution >= 0.6 is 11.6 Å². The quantitative estimate of drug-likeness (QED) is 0.221. The normalized spacial score (nSPS) is 19.9. The fourth-order valence-corrected chi connectivity index (χ4v) is 4.92. The Bertz CT molecular complexity index is 796. The molecule has 9 nitrogen and oxygen atoms in total. The van der Waals surface area contributed by atoms with Crippen molar-refractivity contribution >= 4 is 29.7 Å². The van der Waals surface area contributed by atoms with Gasteiger partial charge in [-0.25, -0.2) is 14.4 Å². The number of nitrogens with one attached hydrogen (secondary N) is 1. The van der Waals surface area contributed by atoms with Crippen LogP contribution in [-0.4, -0.2) is 65.4 Å². The number of methoxy groups -OCH3 is 1. The van der Waals surface area contributed by atoms with E-state index >= 15 is 4.39 Å². The largest absolute Gasteiger partial charge is 0.383 e. The van der Waals surface area contributed by atoms with E-state index in [2.05, 4.69) is 15.3 Å². The first-order chi connectivity index (χ1) is 15.4. The molecule has 0 unspecified atom stereocenters. The summed E-state index contributed by atoms with van der Waals surface area (Å²) in [7, 11) is 1.60. The molecule has 2 aliphatic rings. The second-order valence-corrected chi connectivity index (χ2v) is 8.89. The maximum atomic E-state index is 15.2. The maximum Gasteiger partial charge on any atom is 0.233 e. The van der Waals surface area contributed by atoms with Gasteiger partial charge >= 0.3 is 0 Å². The standard InChI is InChI=1S/C21H31ClFN5O4/c1-32-12-16-7-4-8-28(16)19-18(23)17(25-21(22)26-19)10-24-20(30)15(11-27(31)13-29)9-14-5-2-3-6-14/h13-16,31H,2-12H2,1H3,(H,24,30)/t15-,16-/m1/s1. The monoisotopic (exact) mass is 471 g/mol. The lowest BCUT2D eigenvalue weighted by Gasteiger charge is -2.26. The summed E-state index contributed by atoms with van der Waals surface area (Å²) >= 11 is 6.07. The molecular weight excluding hydrogens is 441 g/mol. The van der Waals surface area contributed by atoms with Crippen molar-refractivity contribution in [1.82, 2.24) is 20.3 Å². The van der Waals surface area contributed by atoms with Gasteiger partial charge in [0.15, 0.2) is 11.6 Å². The van der Waals surface area contributed by atoms with Crippen molar-refractivity contribution in [3.05, 3.63) is 16.8 Å². The van der Waals surface area contributed by atoms with Crippen LogP contribution < -0.4 is 10.2 Å². The first-order valence-electron chi connectivity index (χ1n) is 11.1. The van der Waals surface area contributed by atoms with Gasteiger partial charge in [-0.2, -0.15) is 4.98 Å². The van der Waals surface area contributed by atoms with Gasteiger partial charge in [0.2, 0.25) is 17.6 Å². The molecule has 178 valence electrons. The third-order valence-electron chi connectivity index (χ3n) is 6.31. The number of hydroxylamine groups is 2. The SMILES string of the molecule is COC[C@H]1CCCN1c1nc(Cl)nc(CNC(=O)[C@H](CC2CCCC2)CN(O)C=O)c1F. The lowest BCUT2D eigenvalue weighted by Crippen LogP contribution is -2.39. The summed E-state index contributed by atoms with van der Waals surface area (Å²) in [6.45, 7) is 0.795. The molecule has 1 saturated carbocycles. The topological polar surface area (TPSA) is 108 Å². The fourth-order valence-electron chi connectivity index (χ4n) is 4.74. The van der Waals surface area contributed by atoms with Crippen molar-refractivity contribution < 1.29 is 23.9 Å². The Hall–Kier alpha value is -2.04. The van der Waals surface area contributed by atoms with Crippen molar-refractivity contribution in [1.29, 1.82) is 0 Å². The van der Waals surface area contributed by atoms with Gasteiger partial charge in [0.25, 0.3) is 0 Å². The van der Waals surface area contributed by atoms with Crippen LogP contribution in [0, 0.1) is 17.7 Å². The molecule has 0 aromatic carbocycles. The Morgan fingerprint density at radius 2 is 2.12 bits per heavy atom. The molecule has 2 heterocycles. The number of ether oxygens (including phenoxy) is 1. The van der Waals surface area contributed by atoms with Crippen molar-refractivity contribution in [2.75, 3.05) is 31.7 Å². The molecule has 2 atom stereocenters. The minimum absolute atomic E-state index is 0.00224. The second-order valence-electron chi connectivity index (χ2n) is 8.55. The van der Waals surface area contributed by atoms with E-state index < -0.39 is 11.7 Å². The molecular formula is C21H31ClFN5O4. The number of hydrogen-bond donors (Lipinski definition) is 2. The number of carbonyl (C=O) groups excluding carboxylic acids is 2. The summed E-state index contributed by atoms with van der Waals surface area (Å²) in [4.78, 5) is 33.6. The fraction of sp³-hybridized carbons (Fsp3) is 0.714. The lowest BCUT2D eigenvalue weighted by molar-refractivity contribution is -0.155. The van der Waals surface area contributed by atoms with E-state index in [-0.39, 0.29) is 48.2 Å². The summed E-state index contributed by atoms with van der Waals surface area (Å²) in [6, 6.07) is -0.00224. The van der Waals surface area contributed by atoms with Gasteiger partial charge in [-0.05, 0) is 36.8 Å². The number of nitrogens with zero attached hydrogens (tertiary/aromatic N) is 4. The van der Waals surface area contributed by atoms with E-state index in [9.17, 15) is 14.8 Å². The first kappa shape index (κ1) is 24.6.